The van der Waals surface area contributed by atoms with E-state index in [2.05, 4.69) is 15.3 Å². The van der Waals surface area contributed by atoms with Gasteiger partial charge in [0.05, 0.1) is 11.6 Å². The van der Waals surface area contributed by atoms with Crippen molar-refractivity contribution in [1.29, 1.82) is 0 Å². The molecule has 2 aliphatic rings. The number of nitrogens with one attached hydrogen (secondary N) is 2. The van der Waals surface area contributed by atoms with Gasteiger partial charge >= 0.3 is 0 Å². The number of carbonyl (C=O) groups is 2. The first-order valence-electron chi connectivity index (χ1n) is 9.13. The summed E-state index contributed by atoms with van der Waals surface area (Å²) in [4.78, 5) is 36.4. The molecule has 8 heteroatoms. The minimum Gasteiger partial charge on any atom is -0.356 e. The molecular weight excluding hydrogens is 366 g/mol. The van der Waals surface area contributed by atoms with Crippen LogP contribution in [0.2, 0.25) is 0 Å². The van der Waals surface area contributed by atoms with Crippen molar-refractivity contribution in [2.24, 2.45) is 0 Å². The molecule has 0 spiro atoms. The topological polar surface area (TPSA) is 81.3 Å². The van der Waals surface area contributed by atoms with Crippen molar-refractivity contribution in [2.75, 3.05) is 32.7 Å². The number of amides is 2. The third kappa shape index (κ3) is 3.99. The molecule has 0 aromatic carbocycles. The highest BCUT2D eigenvalue weighted by molar-refractivity contribution is 5.99. The number of carbonyl (C=O) groups excluding carboxylic acids is 2. The van der Waals surface area contributed by atoms with E-state index in [0.29, 0.717) is 24.3 Å². The van der Waals surface area contributed by atoms with Gasteiger partial charge in [0, 0.05) is 51.3 Å². The molecule has 2 N–H and O–H groups in total. The zero-order chi connectivity index (χ0) is 17.9. The van der Waals surface area contributed by atoms with Crippen LogP contribution < -0.4 is 5.32 Å². The molecule has 1 atom stereocenters. The normalized spacial score (nSPS) is 19.6. The summed E-state index contributed by atoms with van der Waals surface area (Å²) in [7, 11) is 0. The summed E-state index contributed by atoms with van der Waals surface area (Å²) in [6.07, 6.45) is 7.28. The van der Waals surface area contributed by atoms with Crippen LogP contribution in [0.1, 0.15) is 45.3 Å². The third-order valence-electron chi connectivity index (χ3n) is 5.13. The number of rotatable bonds is 3. The first kappa shape index (κ1) is 19.4. The average molecular weight is 390 g/mol. The monoisotopic (exact) mass is 389 g/mol. The lowest BCUT2D eigenvalue weighted by molar-refractivity contribution is 0.0634. The zero-order valence-corrected chi connectivity index (χ0v) is 15.9. The molecule has 0 aliphatic carbocycles. The Kier molecular flexibility index (Phi) is 6.13. The van der Waals surface area contributed by atoms with E-state index in [1.807, 2.05) is 21.9 Å². The number of piperazine rings is 1. The van der Waals surface area contributed by atoms with E-state index in [9.17, 15) is 9.59 Å². The zero-order valence-electron chi connectivity index (χ0n) is 15.1. The fourth-order valence-corrected chi connectivity index (χ4v) is 3.72. The first-order valence-corrected chi connectivity index (χ1v) is 9.13. The largest absolute Gasteiger partial charge is 0.356 e. The fourth-order valence-electron chi connectivity index (χ4n) is 3.72. The Morgan fingerprint density at radius 1 is 1.15 bits per heavy atom. The van der Waals surface area contributed by atoms with E-state index < -0.39 is 0 Å². The van der Waals surface area contributed by atoms with Gasteiger partial charge in [0.1, 0.15) is 5.69 Å². The van der Waals surface area contributed by atoms with Crippen LogP contribution >= 0.6 is 12.4 Å². The molecule has 7 nitrogen and oxygen atoms in total. The van der Waals surface area contributed by atoms with Gasteiger partial charge in [-0.25, -0.2) is 0 Å². The summed E-state index contributed by atoms with van der Waals surface area (Å²) < 4.78 is 0. The van der Waals surface area contributed by atoms with Gasteiger partial charge in [-0.15, -0.1) is 12.4 Å². The van der Waals surface area contributed by atoms with Crippen LogP contribution in [-0.4, -0.2) is 64.3 Å². The highest BCUT2D eigenvalue weighted by atomic mass is 35.5. The summed E-state index contributed by atoms with van der Waals surface area (Å²) in [5.74, 6) is -0.0808. The molecule has 4 heterocycles. The van der Waals surface area contributed by atoms with Crippen LogP contribution in [0.5, 0.6) is 0 Å². The number of H-pyrrole nitrogens is 1. The van der Waals surface area contributed by atoms with Crippen LogP contribution in [0.25, 0.3) is 0 Å². The van der Waals surface area contributed by atoms with Gasteiger partial charge < -0.3 is 20.1 Å². The SMILES string of the molecule is Cl.O=C(c1cc(C(=O)N2CCNCC2c2cccnc2)c[nH]1)N1CCCC1. The lowest BCUT2D eigenvalue weighted by atomic mass is 10.0. The number of likely N-dealkylation sites (tertiary alicyclic amines) is 1. The molecule has 2 saturated heterocycles. The Morgan fingerprint density at radius 2 is 1.96 bits per heavy atom. The molecule has 2 aromatic heterocycles. The van der Waals surface area contributed by atoms with Crippen LogP contribution in [0, 0.1) is 0 Å². The van der Waals surface area contributed by atoms with Crippen molar-refractivity contribution in [1.82, 2.24) is 25.1 Å². The quantitative estimate of drug-likeness (QED) is 0.839. The second-order valence-electron chi connectivity index (χ2n) is 6.81. The lowest BCUT2D eigenvalue weighted by Crippen LogP contribution is -2.48. The number of hydrogen-bond donors (Lipinski definition) is 2. The van der Waals surface area contributed by atoms with E-state index in [1.54, 1.807) is 24.7 Å². The molecule has 4 rings (SSSR count). The molecular formula is C19H24ClN5O2. The summed E-state index contributed by atoms with van der Waals surface area (Å²) in [5.41, 5.74) is 2.03. The van der Waals surface area contributed by atoms with Crippen molar-refractivity contribution in [3.8, 4) is 0 Å². The molecule has 2 aliphatic heterocycles. The van der Waals surface area contributed by atoms with E-state index in [4.69, 9.17) is 0 Å². The van der Waals surface area contributed by atoms with E-state index in [1.165, 1.54) is 0 Å². The van der Waals surface area contributed by atoms with Gasteiger partial charge in [-0.05, 0) is 30.5 Å². The molecule has 1 unspecified atom stereocenters. The van der Waals surface area contributed by atoms with Gasteiger partial charge in [0.25, 0.3) is 11.8 Å². The lowest BCUT2D eigenvalue weighted by Gasteiger charge is -2.36. The molecule has 0 saturated carbocycles. The molecule has 2 aromatic rings. The average Bonchev–Trinajstić information content (AvgIpc) is 3.40. The predicted octanol–water partition coefficient (Wildman–Crippen LogP) is 1.85. The minimum absolute atomic E-state index is 0. The first-order chi connectivity index (χ1) is 12.7. The van der Waals surface area contributed by atoms with Gasteiger partial charge in [0.15, 0.2) is 0 Å². The minimum atomic E-state index is -0.0583. The number of hydrogen-bond acceptors (Lipinski definition) is 4. The molecule has 2 amide bonds. The number of halogens is 1. The van der Waals surface area contributed by atoms with Crippen LogP contribution in [-0.2, 0) is 0 Å². The summed E-state index contributed by atoms with van der Waals surface area (Å²) in [5, 5.41) is 3.34. The van der Waals surface area contributed by atoms with Gasteiger partial charge in [-0.2, -0.15) is 0 Å². The van der Waals surface area contributed by atoms with E-state index >= 15 is 0 Å². The van der Waals surface area contributed by atoms with E-state index in [0.717, 1.165) is 38.0 Å². The van der Waals surface area contributed by atoms with Gasteiger partial charge in [-0.3, -0.25) is 14.6 Å². The van der Waals surface area contributed by atoms with Crippen LogP contribution in [0.15, 0.2) is 36.8 Å². The summed E-state index contributed by atoms with van der Waals surface area (Å²) >= 11 is 0. The highest BCUT2D eigenvalue weighted by Gasteiger charge is 2.30. The van der Waals surface area contributed by atoms with Crippen molar-refractivity contribution in [3.63, 3.8) is 0 Å². The molecule has 2 fully saturated rings. The van der Waals surface area contributed by atoms with E-state index in [-0.39, 0.29) is 30.3 Å². The Labute approximate surface area is 164 Å². The van der Waals surface area contributed by atoms with Crippen molar-refractivity contribution >= 4 is 24.2 Å². The standard InChI is InChI=1S/C19H23N5O2.ClH/c25-18(15-10-16(22-12-15)19(26)23-7-1-2-8-23)24-9-6-21-13-17(24)14-4-3-5-20-11-14;/h3-5,10-12,17,21-22H,1-2,6-9,13H2;1H. The van der Waals surface area contributed by atoms with Crippen LogP contribution in [0.3, 0.4) is 0 Å². The summed E-state index contributed by atoms with van der Waals surface area (Å²) in [6, 6.07) is 5.50. The Bertz CT molecular complexity index is 788. The maximum atomic E-state index is 13.1. The Morgan fingerprint density at radius 3 is 2.70 bits per heavy atom. The Hall–Kier alpha value is -2.38. The maximum absolute atomic E-state index is 13.1. The van der Waals surface area contributed by atoms with Crippen molar-refractivity contribution in [2.45, 2.75) is 18.9 Å². The Balaban J connectivity index is 0.00000210. The molecule has 27 heavy (non-hydrogen) atoms. The smallest absolute Gasteiger partial charge is 0.270 e. The number of nitrogens with zero attached hydrogens (tertiary/aromatic N) is 3. The summed E-state index contributed by atoms with van der Waals surface area (Å²) in [6.45, 7) is 3.66. The van der Waals surface area contributed by atoms with Gasteiger partial charge in [-0.1, -0.05) is 6.07 Å². The van der Waals surface area contributed by atoms with Crippen molar-refractivity contribution in [3.05, 3.63) is 53.6 Å². The molecule has 144 valence electrons. The second-order valence-corrected chi connectivity index (χ2v) is 6.81. The number of aromatic amines is 1. The number of pyridine rings is 1. The second kappa shape index (κ2) is 8.54. The van der Waals surface area contributed by atoms with Crippen LogP contribution in [0.4, 0.5) is 0 Å². The highest BCUT2D eigenvalue weighted by Crippen LogP contribution is 2.24. The van der Waals surface area contributed by atoms with Crippen molar-refractivity contribution < 1.29 is 9.59 Å². The number of aromatic nitrogens is 2. The fraction of sp³-hybridized carbons (Fsp3) is 0.421. The maximum Gasteiger partial charge on any atom is 0.270 e. The predicted molar refractivity (Wildman–Crippen MR) is 104 cm³/mol. The third-order valence-corrected chi connectivity index (χ3v) is 5.13. The van der Waals surface area contributed by atoms with Gasteiger partial charge in [0.2, 0.25) is 0 Å². The molecule has 0 bridgehead atoms. The molecule has 0 radical (unpaired) electrons.